The zero-order valence-electron chi connectivity index (χ0n) is 18.9. The van der Waals surface area contributed by atoms with Gasteiger partial charge in [0, 0.05) is 18.7 Å². The van der Waals surface area contributed by atoms with Gasteiger partial charge in [-0.3, -0.25) is 0 Å². The Labute approximate surface area is 176 Å². The molecule has 0 amide bonds. The fourth-order valence-corrected chi connectivity index (χ4v) is 4.75. The summed E-state index contributed by atoms with van der Waals surface area (Å²) < 4.78 is 7.80. The average Bonchev–Trinajstić information content (AvgIpc) is 2.95. The van der Waals surface area contributed by atoms with Crippen molar-refractivity contribution in [2.75, 3.05) is 6.61 Å². The van der Waals surface area contributed by atoms with Crippen molar-refractivity contribution < 1.29 is 9.53 Å². The fourth-order valence-electron chi connectivity index (χ4n) is 3.84. The molecule has 1 N–H and O–H groups in total. The van der Waals surface area contributed by atoms with Crippen LogP contribution in [0.5, 0.6) is 0 Å². The van der Waals surface area contributed by atoms with Gasteiger partial charge in [-0.15, -0.1) is 0 Å². The van der Waals surface area contributed by atoms with Gasteiger partial charge in [-0.05, 0) is 36.9 Å². The SMILES string of the molecule is CCOCc1nc(C#N)c(-c2ccccc2)n1CC(C)(C)CC(C)(C)[Si](C)(C)O. The number of hydrogen-bond acceptors (Lipinski definition) is 4. The number of benzene rings is 1. The summed E-state index contributed by atoms with van der Waals surface area (Å²) in [6, 6.07) is 12.2. The van der Waals surface area contributed by atoms with Gasteiger partial charge < -0.3 is 14.1 Å². The number of nitriles is 1. The van der Waals surface area contributed by atoms with Crippen LogP contribution in [0.3, 0.4) is 0 Å². The van der Waals surface area contributed by atoms with E-state index in [9.17, 15) is 10.1 Å². The second-order valence-electron chi connectivity index (χ2n) is 9.71. The largest absolute Gasteiger partial charge is 0.432 e. The summed E-state index contributed by atoms with van der Waals surface area (Å²) in [5.74, 6) is 0.772. The van der Waals surface area contributed by atoms with Crippen molar-refractivity contribution in [3.8, 4) is 17.3 Å². The summed E-state index contributed by atoms with van der Waals surface area (Å²) in [6.07, 6.45) is 0.873. The first kappa shape index (κ1) is 23.3. The molecule has 6 heteroatoms. The van der Waals surface area contributed by atoms with E-state index in [1.54, 1.807) is 0 Å². The van der Waals surface area contributed by atoms with Crippen LogP contribution in [0.4, 0.5) is 0 Å². The first-order chi connectivity index (χ1) is 13.4. The van der Waals surface area contributed by atoms with Crippen molar-refractivity contribution in [1.82, 2.24) is 9.55 Å². The van der Waals surface area contributed by atoms with E-state index in [0.717, 1.165) is 23.5 Å². The molecule has 2 rings (SSSR count). The lowest BCUT2D eigenvalue weighted by Gasteiger charge is -2.41. The molecular weight excluding hydrogens is 378 g/mol. The van der Waals surface area contributed by atoms with E-state index in [2.05, 4.69) is 43.3 Å². The Morgan fingerprint density at radius 1 is 1.17 bits per heavy atom. The maximum Gasteiger partial charge on any atom is 0.188 e. The fraction of sp³-hybridized carbons (Fsp3) is 0.565. The van der Waals surface area contributed by atoms with E-state index in [1.807, 2.05) is 50.3 Å². The Hall–Kier alpha value is -1.94. The third-order valence-electron chi connectivity index (χ3n) is 5.80. The van der Waals surface area contributed by atoms with Crippen LogP contribution in [0.1, 0.15) is 52.6 Å². The third kappa shape index (κ3) is 5.56. The van der Waals surface area contributed by atoms with Gasteiger partial charge in [0.25, 0.3) is 0 Å². The molecule has 0 aliphatic heterocycles. The van der Waals surface area contributed by atoms with Crippen molar-refractivity contribution in [1.29, 1.82) is 5.26 Å². The minimum absolute atomic E-state index is 0.103. The van der Waals surface area contributed by atoms with Crippen molar-refractivity contribution in [3.05, 3.63) is 41.9 Å². The number of aromatic nitrogens is 2. The van der Waals surface area contributed by atoms with Crippen LogP contribution >= 0.6 is 0 Å². The highest BCUT2D eigenvalue weighted by atomic mass is 28.4. The lowest BCUT2D eigenvalue weighted by atomic mass is 9.83. The van der Waals surface area contributed by atoms with Gasteiger partial charge in [-0.25, -0.2) is 4.98 Å². The Bertz CT molecular complexity index is 859. The molecule has 1 heterocycles. The molecule has 0 unspecified atom stereocenters. The normalized spacial score (nSPS) is 12.8. The quantitative estimate of drug-likeness (QED) is 0.562. The van der Waals surface area contributed by atoms with Gasteiger partial charge in [0.2, 0.25) is 0 Å². The van der Waals surface area contributed by atoms with Crippen LogP contribution < -0.4 is 0 Å². The van der Waals surface area contributed by atoms with E-state index in [-0.39, 0.29) is 10.5 Å². The minimum Gasteiger partial charge on any atom is -0.432 e. The van der Waals surface area contributed by atoms with E-state index < -0.39 is 8.32 Å². The molecule has 0 aliphatic carbocycles. The summed E-state index contributed by atoms with van der Waals surface area (Å²) in [7, 11) is -2.33. The number of nitrogens with zero attached hydrogens (tertiary/aromatic N) is 3. The first-order valence-electron chi connectivity index (χ1n) is 10.3. The van der Waals surface area contributed by atoms with Crippen molar-refractivity contribution in [2.45, 2.75) is 72.3 Å². The van der Waals surface area contributed by atoms with Crippen LogP contribution in [0.15, 0.2) is 30.3 Å². The predicted molar refractivity (Wildman–Crippen MR) is 120 cm³/mol. The average molecular weight is 414 g/mol. The topological polar surface area (TPSA) is 71.1 Å². The summed E-state index contributed by atoms with van der Waals surface area (Å²) >= 11 is 0. The lowest BCUT2D eigenvalue weighted by Crippen LogP contribution is -2.42. The molecular formula is C23H35N3O2Si. The Kier molecular flexibility index (Phi) is 7.10. The van der Waals surface area contributed by atoms with Crippen molar-refractivity contribution in [3.63, 3.8) is 0 Å². The van der Waals surface area contributed by atoms with E-state index >= 15 is 0 Å². The first-order valence-corrected chi connectivity index (χ1v) is 13.2. The Balaban J connectivity index is 2.52. The van der Waals surface area contributed by atoms with Crippen molar-refractivity contribution >= 4 is 8.32 Å². The van der Waals surface area contributed by atoms with Gasteiger partial charge in [0.05, 0.1) is 5.69 Å². The molecule has 29 heavy (non-hydrogen) atoms. The lowest BCUT2D eigenvalue weighted by molar-refractivity contribution is 0.122. The van der Waals surface area contributed by atoms with Gasteiger partial charge in [0.15, 0.2) is 14.0 Å². The highest BCUT2D eigenvalue weighted by Crippen LogP contribution is 2.46. The zero-order chi connectivity index (χ0) is 21.9. The van der Waals surface area contributed by atoms with E-state index in [4.69, 9.17) is 4.74 Å². The summed E-state index contributed by atoms with van der Waals surface area (Å²) in [5.41, 5.74) is 2.15. The monoisotopic (exact) mass is 413 g/mol. The number of rotatable bonds is 9. The van der Waals surface area contributed by atoms with Crippen LogP contribution in [0.2, 0.25) is 18.1 Å². The summed E-state index contributed by atoms with van der Waals surface area (Å²) in [4.78, 5) is 15.4. The van der Waals surface area contributed by atoms with Gasteiger partial charge >= 0.3 is 0 Å². The molecule has 2 aromatic rings. The zero-order valence-corrected chi connectivity index (χ0v) is 19.9. The number of imidazole rings is 1. The maximum absolute atomic E-state index is 10.8. The molecule has 0 saturated carbocycles. The maximum atomic E-state index is 10.8. The van der Waals surface area contributed by atoms with Crippen LogP contribution in [0, 0.1) is 16.7 Å². The molecule has 0 fully saturated rings. The summed E-state index contributed by atoms with van der Waals surface area (Å²) in [6.45, 7) is 16.4. The van der Waals surface area contributed by atoms with E-state index in [0.29, 0.717) is 25.5 Å². The molecule has 0 radical (unpaired) electrons. The van der Waals surface area contributed by atoms with Crippen molar-refractivity contribution in [2.24, 2.45) is 5.41 Å². The second kappa shape index (κ2) is 8.82. The molecule has 0 spiro atoms. The number of hydrogen-bond donors (Lipinski definition) is 1. The summed E-state index contributed by atoms with van der Waals surface area (Å²) in [5, 5.41) is 9.60. The predicted octanol–water partition coefficient (Wildman–Crippen LogP) is 5.35. The van der Waals surface area contributed by atoms with Crippen LogP contribution in [-0.4, -0.2) is 29.3 Å². The molecule has 158 valence electrons. The highest BCUT2D eigenvalue weighted by molar-refractivity contribution is 6.72. The molecule has 0 bridgehead atoms. The molecule has 0 aliphatic rings. The third-order valence-corrected chi connectivity index (χ3v) is 9.29. The number of ether oxygens (including phenoxy) is 1. The highest BCUT2D eigenvalue weighted by Gasteiger charge is 2.42. The van der Waals surface area contributed by atoms with Gasteiger partial charge in [0.1, 0.15) is 18.5 Å². The van der Waals surface area contributed by atoms with Crippen LogP contribution in [0.25, 0.3) is 11.3 Å². The van der Waals surface area contributed by atoms with Gasteiger partial charge in [-0.2, -0.15) is 5.26 Å². The molecule has 5 nitrogen and oxygen atoms in total. The second-order valence-corrected chi connectivity index (χ2v) is 14.2. The molecule has 1 aromatic carbocycles. The molecule has 0 atom stereocenters. The smallest absolute Gasteiger partial charge is 0.188 e. The van der Waals surface area contributed by atoms with E-state index in [1.165, 1.54) is 0 Å². The van der Waals surface area contributed by atoms with Gasteiger partial charge in [-0.1, -0.05) is 58.0 Å². The molecule has 1 aromatic heterocycles. The Morgan fingerprint density at radius 3 is 2.31 bits per heavy atom. The van der Waals surface area contributed by atoms with Crippen LogP contribution in [-0.2, 0) is 17.9 Å². The minimum atomic E-state index is -2.33. The molecule has 0 saturated heterocycles. The Morgan fingerprint density at radius 2 is 1.79 bits per heavy atom. The standard InChI is InChI=1S/C23H35N3O2Si/c1-8-28-15-20-25-19(14-24)21(18-12-10-9-11-13-18)26(20)17-22(2,3)16-23(4,5)29(6,7)27/h9-13,27H,8,15-17H2,1-7H3.